The zero-order valence-electron chi connectivity index (χ0n) is 17.1. The highest BCUT2D eigenvalue weighted by molar-refractivity contribution is 6.30. The summed E-state index contributed by atoms with van der Waals surface area (Å²) in [5.41, 5.74) is 6.35. The van der Waals surface area contributed by atoms with E-state index < -0.39 is 0 Å². The summed E-state index contributed by atoms with van der Waals surface area (Å²) in [4.78, 5) is 2.52. The molecule has 0 unspecified atom stereocenters. The summed E-state index contributed by atoms with van der Waals surface area (Å²) >= 11 is 6.36. The molecule has 3 nitrogen and oxygen atoms in total. The average Bonchev–Trinajstić information content (AvgIpc) is 2.72. The van der Waals surface area contributed by atoms with Crippen LogP contribution in [-0.2, 0) is 13.0 Å². The fourth-order valence-electron chi connectivity index (χ4n) is 4.28. The molecule has 29 heavy (non-hydrogen) atoms. The van der Waals surface area contributed by atoms with Crippen LogP contribution in [0, 0.1) is 6.92 Å². The third kappa shape index (κ3) is 4.12. The van der Waals surface area contributed by atoms with E-state index in [1.807, 2.05) is 12.1 Å². The second-order valence-electron chi connectivity index (χ2n) is 7.57. The van der Waals surface area contributed by atoms with E-state index in [1.54, 1.807) is 14.2 Å². The van der Waals surface area contributed by atoms with Crippen LogP contribution in [-0.4, -0.2) is 25.7 Å². The van der Waals surface area contributed by atoms with Crippen molar-refractivity contribution in [3.8, 4) is 11.5 Å². The van der Waals surface area contributed by atoms with Crippen LogP contribution in [0.5, 0.6) is 11.5 Å². The summed E-state index contributed by atoms with van der Waals surface area (Å²) in [6.07, 6.45) is 0.971. The van der Waals surface area contributed by atoms with Gasteiger partial charge in [0.05, 0.1) is 20.3 Å². The summed E-state index contributed by atoms with van der Waals surface area (Å²) in [7, 11) is 3.37. The van der Waals surface area contributed by atoms with Gasteiger partial charge in [0.15, 0.2) is 11.5 Å². The van der Waals surface area contributed by atoms with Gasteiger partial charge in [0.2, 0.25) is 0 Å². The van der Waals surface area contributed by atoms with E-state index in [2.05, 4.69) is 60.4 Å². The fraction of sp³-hybridized carbons (Fsp3) is 0.280. The minimum Gasteiger partial charge on any atom is -0.493 e. The molecule has 0 aromatic heterocycles. The Balaban J connectivity index is 1.80. The first-order chi connectivity index (χ1) is 14.1. The standard InChI is InChI=1S/C25H26ClNO2/c1-17-6-4-7-18(12-17)16-27-11-10-19-14-23(28-2)24(29-3)15-22(19)25(27)20-8-5-9-21(26)13-20/h4-9,12-15,25H,10-11,16H2,1-3H3/t25-/m0/s1. The van der Waals surface area contributed by atoms with Crippen LogP contribution in [0.25, 0.3) is 0 Å². The van der Waals surface area contributed by atoms with Crippen molar-refractivity contribution < 1.29 is 9.47 Å². The summed E-state index contributed by atoms with van der Waals surface area (Å²) in [6, 6.07) is 21.3. The molecule has 3 aromatic carbocycles. The molecule has 0 N–H and O–H groups in total. The Kier molecular flexibility index (Phi) is 5.79. The Hall–Kier alpha value is -2.49. The summed E-state index contributed by atoms with van der Waals surface area (Å²) in [5.74, 6) is 1.54. The lowest BCUT2D eigenvalue weighted by molar-refractivity contribution is 0.203. The minimum absolute atomic E-state index is 0.109. The Bertz CT molecular complexity index is 1020. The molecule has 0 saturated carbocycles. The zero-order chi connectivity index (χ0) is 20.4. The van der Waals surface area contributed by atoms with E-state index in [9.17, 15) is 0 Å². The maximum atomic E-state index is 6.36. The van der Waals surface area contributed by atoms with Gasteiger partial charge in [0.1, 0.15) is 0 Å². The second-order valence-corrected chi connectivity index (χ2v) is 8.01. The first kappa shape index (κ1) is 19.8. The van der Waals surface area contributed by atoms with Crippen molar-refractivity contribution in [2.45, 2.75) is 25.9 Å². The SMILES string of the molecule is COc1cc2c(cc1OC)[C@H](c1cccc(Cl)c1)N(Cc1cccc(C)c1)CC2. The third-order valence-electron chi connectivity index (χ3n) is 5.61. The molecule has 4 rings (SSSR count). The van der Waals surface area contributed by atoms with Gasteiger partial charge in [0.25, 0.3) is 0 Å². The molecule has 0 fully saturated rings. The van der Waals surface area contributed by atoms with Crippen molar-refractivity contribution in [1.82, 2.24) is 4.90 Å². The van der Waals surface area contributed by atoms with Crippen LogP contribution in [0.3, 0.4) is 0 Å². The largest absolute Gasteiger partial charge is 0.493 e. The molecule has 1 atom stereocenters. The lowest BCUT2D eigenvalue weighted by Crippen LogP contribution is -2.35. The summed E-state index contributed by atoms with van der Waals surface area (Å²) in [6.45, 7) is 3.99. The number of hydrogen-bond donors (Lipinski definition) is 0. The van der Waals surface area contributed by atoms with Crippen LogP contribution >= 0.6 is 11.6 Å². The second kappa shape index (κ2) is 8.48. The molecule has 1 heterocycles. The lowest BCUT2D eigenvalue weighted by atomic mass is 9.87. The van der Waals surface area contributed by atoms with E-state index in [0.717, 1.165) is 36.0 Å². The van der Waals surface area contributed by atoms with Gasteiger partial charge < -0.3 is 9.47 Å². The normalized spacial score (nSPS) is 16.3. The Morgan fingerprint density at radius 2 is 1.72 bits per heavy atom. The monoisotopic (exact) mass is 407 g/mol. The number of methoxy groups -OCH3 is 2. The number of rotatable bonds is 5. The fourth-order valence-corrected chi connectivity index (χ4v) is 4.48. The minimum atomic E-state index is 0.109. The Morgan fingerprint density at radius 3 is 2.45 bits per heavy atom. The maximum absolute atomic E-state index is 6.36. The van der Waals surface area contributed by atoms with E-state index in [0.29, 0.717) is 0 Å². The number of nitrogens with zero attached hydrogens (tertiary/aromatic N) is 1. The van der Waals surface area contributed by atoms with Crippen LogP contribution in [0.2, 0.25) is 5.02 Å². The molecule has 3 aromatic rings. The first-order valence-corrected chi connectivity index (χ1v) is 10.3. The topological polar surface area (TPSA) is 21.7 Å². The summed E-state index contributed by atoms with van der Waals surface area (Å²) < 4.78 is 11.1. The van der Waals surface area contributed by atoms with Crippen molar-refractivity contribution in [3.05, 3.63) is 93.5 Å². The number of aryl methyl sites for hydroxylation is 1. The molecule has 0 spiro atoms. The predicted octanol–water partition coefficient (Wildman–Crippen LogP) is 5.81. The van der Waals surface area contributed by atoms with Gasteiger partial charge in [-0.2, -0.15) is 0 Å². The Morgan fingerprint density at radius 1 is 0.966 bits per heavy atom. The number of halogens is 1. The Labute approximate surface area is 177 Å². The first-order valence-electron chi connectivity index (χ1n) is 9.89. The van der Waals surface area contributed by atoms with Gasteiger partial charge in [0, 0.05) is 18.1 Å². The smallest absolute Gasteiger partial charge is 0.161 e. The van der Waals surface area contributed by atoms with Gasteiger partial charge in [-0.25, -0.2) is 0 Å². The molecule has 0 saturated heterocycles. The van der Waals surface area contributed by atoms with Crippen molar-refractivity contribution in [2.24, 2.45) is 0 Å². The molecule has 1 aliphatic rings. The van der Waals surface area contributed by atoms with Gasteiger partial charge in [-0.15, -0.1) is 0 Å². The number of ether oxygens (including phenoxy) is 2. The van der Waals surface area contributed by atoms with Crippen LogP contribution in [0.15, 0.2) is 60.7 Å². The molecule has 150 valence electrons. The highest BCUT2D eigenvalue weighted by Crippen LogP contribution is 2.41. The highest BCUT2D eigenvalue weighted by Gasteiger charge is 2.30. The quantitative estimate of drug-likeness (QED) is 0.532. The van der Waals surface area contributed by atoms with E-state index >= 15 is 0 Å². The van der Waals surface area contributed by atoms with Crippen LogP contribution in [0.4, 0.5) is 0 Å². The highest BCUT2D eigenvalue weighted by atomic mass is 35.5. The van der Waals surface area contributed by atoms with E-state index in [4.69, 9.17) is 21.1 Å². The lowest BCUT2D eigenvalue weighted by Gasteiger charge is -2.38. The third-order valence-corrected chi connectivity index (χ3v) is 5.84. The predicted molar refractivity (Wildman–Crippen MR) is 118 cm³/mol. The van der Waals surface area contributed by atoms with E-state index in [1.165, 1.54) is 27.8 Å². The van der Waals surface area contributed by atoms with Crippen LogP contribution in [0.1, 0.15) is 33.9 Å². The van der Waals surface area contributed by atoms with Crippen molar-refractivity contribution in [3.63, 3.8) is 0 Å². The number of hydrogen-bond acceptors (Lipinski definition) is 3. The summed E-state index contributed by atoms with van der Waals surface area (Å²) in [5, 5.41) is 0.755. The van der Waals surface area contributed by atoms with Gasteiger partial charge in [-0.3, -0.25) is 4.90 Å². The molecular formula is C25H26ClNO2. The van der Waals surface area contributed by atoms with Crippen LogP contribution < -0.4 is 9.47 Å². The van der Waals surface area contributed by atoms with Gasteiger partial charge in [-0.1, -0.05) is 53.6 Å². The molecule has 0 amide bonds. The molecule has 4 heteroatoms. The number of benzene rings is 3. The average molecular weight is 408 g/mol. The maximum Gasteiger partial charge on any atom is 0.161 e. The van der Waals surface area contributed by atoms with Crippen molar-refractivity contribution in [2.75, 3.05) is 20.8 Å². The van der Waals surface area contributed by atoms with Crippen molar-refractivity contribution >= 4 is 11.6 Å². The van der Waals surface area contributed by atoms with Gasteiger partial charge >= 0.3 is 0 Å². The van der Waals surface area contributed by atoms with Gasteiger partial charge in [-0.05, 0) is 59.9 Å². The molecule has 0 radical (unpaired) electrons. The molecule has 1 aliphatic heterocycles. The molecule has 0 aliphatic carbocycles. The van der Waals surface area contributed by atoms with E-state index in [-0.39, 0.29) is 6.04 Å². The van der Waals surface area contributed by atoms with Crippen molar-refractivity contribution in [1.29, 1.82) is 0 Å². The number of fused-ring (bicyclic) bond motifs is 1. The molecule has 0 bridgehead atoms. The zero-order valence-corrected chi connectivity index (χ0v) is 17.9. The molecular weight excluding hydrogens is 382 g/mol.